The minimum atomic E-state index is -3.65. The maximum atomic E-state index is 12.6. The van der Waals surface area contributed by atoms with Crippen LogP contribution in [0.15, 0.2) is 53.4 Å². The summed E-state index contributed by atoms with van der Waals surface area (Å²) in [7, 11) is -3.65. The van der Waals surface area contributed by atoms with Crippen LogP contribution in [0.1, 0.15) is 31.0 Å². The van der Waals surface area contributed by atoms with Crippen molar-refractivity contribution in [3.8, 4) is 5.75 Å². The number of aromatic hydroxyl groups is 1. The van der Waals surface area contributed by atoms with Gasteiger partial charge in [-0.3, -0.25) is 0 Å². The van der Waals surface area contributed by atoms with E-state index in [1.807, 2.05) is 20.8 Å². The van der Waals surface area contributed by atoms with Crippen molar-refractivity contribution in [3.63, 3.8) is 0 Å². The highest BCUT2D eigenvalue weighted by Gasteiger charge is 2.25. The van der Waals surface area contributed by atoms with Crippen LogP contribution < -0.4 is 4.72 Å². The average Bonchev–Trinajstić information content (AvgIpc) is 2.46. The molecule has 0 aliphatic carbocycles. The van der Waals surface area contributed by atoms with Gasteiger partial charge in [0.1, 0.15) is 5.75 Å². The van der Waals surface area contributed by atoms with Crippen molar-refractivity contribution in [3.05, 3.63) is 59.7 Å². The van der Waals surface area contributed by atoms with E-state index >= 15 is 0 Å². The lowest BCUT2D eigenvalue weighted by atomic mass is 9.96. The van der Waals surface area contributed by atoms with E-state index in [1.54, 1.807) is 48.5 Å². The van der Waals surface area contributed by atoms with Gasteiger partial charge in [0.2, 0.25) is 10.0 Å². The highest BCUT2D eigenvalue weighted by atomic mass is 32.2. The van der Waals surface area contributed by atoms with Gasteiger partial charge in [-0.05, 0) is 31.0 Å². The predicted octanol–water partition coefficient (Wildman–Crippen LogP) is 3.38. The topological polar surface area (TPSA) is 66.4 Å². The van der Waals surface area contributed by atoms with Gasteiger partial charge in [-0.25, -0.2) is 13.1 Å². The quantitative estimate of drug-likeness (QED) is 0.888. The molecule has 0 fully saturated rings. The largest absolute Gasteiger partial charge is 0.508 e. The maximum Gasteiger partial charge on any atom is 0.241 e. The summed E-state index contributed by atoms with van der Waals surface area (Å²) in [4.78, 5) is 0.221. The fraction of sp³-hybridized carbons (Fsp3) is 0.294. The Morgan fingerprint density at radius 2 is 1.59 bits per heavy atom. The second-order valence-corrected chi connectivity index (χ2v) is 7.43. The first-order valence-corrected chi connectivity index (χ1v) is 8.66. The third-order valence-corrected chi connectivity index (χ3v) is 5.01. The first-order valence-electron chi connectivity index (χ1n) is 7.18. The van der Waals surface area contributed by atoms with E-state index in [1.165, 1.54) is 0 Å². The molecule has 0 amide bonds. The molecule has 2 aromatic rings. The van der Waals surface area contributed by atoms with Gasteiger partial charge in [-0.2, -0.15) is 0 Å². The van der Waals surface area contributed by atoms with Crippen LogP contribution in [-0.2, 0) is 10.0 Å². The van der Waals surface area contributed by atoms with Crippen molar-refractivity contribution < 1.29 is 13.5 Å². The third kappa shape index (κ3) is 3.67. The van der Waals surface area contributed by atoms with Gasteiger partial charge >= 0.3 is 0 Å². The van der Waals surface area contributed by atoms with Crippen molar-refractivity contribution in [1.82, 2.24) is 4.72 Å². The van der Waals surface area contributed by atoms with Crippen molar-refractivity contribution in [1.29, 1.82) is 0 Å². The van der Waals surface area contributed by atoms with Crippen LogP contribution in [0.2, 0.25) is 0 Å². The zero-order valence-electron chi connectivity index (χ0n) is 12.9. The molecule has 0 heterocycles. The lowest BCUT2D eigenvalue weighted by molar-refractivity contribution is 0.422. The molecule has 2 N–H and O–H groups in total. The number of para-hydroxylation sites is 1. The molecule has 0 aliphatic rings. The summed E-state index contributed by atoms with van der Waals surface area (Å²) < 4.78 is 27.8. The zero-order valence-corrected chi connectivity index (χ0v) is 13.8. The monoisotopic (exact) mass is 319 g/mol. The molecule has 0 bridgehead atoms. The minimum absolute atomic E-state index is 0.00600. The summed E-state index contributed by atoms with van der Waals surface area (Å²) >= 11 is 0. The number of hydrogen-bond donors (Lipinski definition) is 2. The molecule has 0 spiro atoms. The average molecular weight is 319 g/mol. The number of benzene rings is 2. The van der Waals surface area contributed by atoms with Gasteiger partial charge in [0.15, 0.2) is 0 Å². The number of aryl methyl sites for hydroxylation is 1. The van der Waals surface area contributed by atoms with Gasteiger partial charge in [-0.15, -0.1) is 0 Å². The molecular weight excluding hydrogens is 298 g/mol. The van der Waals surface area contributed by atoms with Crippen molar-refractivity contribution in [2.45, 2.75) is 31.7 Å². The molecule has 22 heavy (non-hydrogen) atoms. The molecule has 0 saturated carbocycles. The van der Waals surface area contributed by atoms with E-state index in [4.69, 9.17) is 0 Å². The van der Waals surface area contributed by atoms with Crippen molar-refractivity contribution in [2.75, 3.05) is 0 Å². The van der Waals surface area contributed by atoms with Crippen LogP contribution in [0.4, 0.5) is 0 Å². The van der Waals surface area contributed by atoms with Gasteiger partial charge in [0, 0.05) is 5.56 Å². The molecule has 0 aliphatic heterocycles. The summed E-state index contributed by atoms with van der Waals surface area (Å²) in [6, 6.07) is 13.0. The molecule has 0 aromatic heterocycles. The number of sulfonamides is 1. The SMILES string of the molecule is Cc1ccc(S(=O)(=O)NC(c2ccccc2O)C(C)C)cc1. The molecule has 118 valence electrons. The van der Waals surface area contributed by atoms with Gasteiger partial charge in [-0.1, -0.05) is 49.7 Å². The zero-order chi connectivity index (χ0) is 16.3. The van der Waals surface area contributed by atoms with Crippen molar-refractivity contribution >= 4 is 10.0 Å². The van der Waals surface area contributed by atoms with E-state index in [2.05, 4.69) is 4.72 Å². The summed E-state index contributed by atoms with van der Waals surface area (Å²) in [6.45, 7) is 5.73. The molecule has 0 saturated heterocycles. The summed E-state index contributed by atoms with van der Waals surface area (Å²) in [6.07, 6.45) is 0. The van der Waals surface area contributed by atoms with Gasteiger partial charge in [0.05, 0.1) is 10.9 Å². The minimum Gasteiger partial charge on any atom is -0.508 e. The van der Waals surface area contributed by atoms with Crippen LogP contribution in [0, 0.1) is 12.8 Å². The van der Waals surface area contributed by atoms with E-state index in [9.17, 15) is 13.5 Å². The number of phenols is 1. The van der Waals surface area contributed by atoms with Crippen LogP contribution in [-0.4, -0.2) is 13.5 Å². The number of hydrogen-bond acceptors (Lipinski definition) is 3. The Morgan fingerprint density at radius 1 is 1.00 bits per heavy atom. The summed E-state index contributed by atoms with van der Waals surface area (Å²) in [5, 5.41) is 10.00. The Hall–Kier alpha value is -1.85. The fourth-order valence-electron chi connectivity index (χ4n) is 2.26. The summed E-state index contributed by atoms with van der Waals surface area (Å²) in [5.74, 6) is 0.0846. The first kappa shape index (κ1) is 16.5. The van der Waals surface area contributed by atoms with E-state index < -0.39 is 16.1 Å². The maximum absolute atomic E-state index is 12.6. The molecular formula is C17H21NO3S. The molecule has 2 rings (SSSR count). The smallest absolute Gasteiger partial charge is 0.241 e. The fourth-order valence-corrected chi connectivity index (χ4v) is 3.63. The van der Waals surface area contributed by atoms with Gasteiger partial charge in [0.25, 0.3) is 0 Å². The lowest BCUT2D eigenvalue weighted by Crippen LogP contribution is -2.31. The van der Waals surface area contributed by atoms with Gasteiger partial charge < -0.3 is 5.11 Å². The Balaban J connectivity index is 2.36. The molecule has 2 aromatic carbocycles. The highest BCUT2D eigenvalue weighted by Crippen LogP contribution is 2.30. The second kappa shape index (κ2) is 6.50. The first-order chi connectivity index (χ1) is 10.3. The molecule has 4 nitrogen and oxygen atoms in total. The van der Waals surface area contributed by atoms with E-state index in [0.717, 1.165) is 5.56 Å². The van der Waals surface area contributed by atoms with Crippen molar-refractivity contribution in [2.24, 2.45) is 5.92 Å². The third-order valence-electron chi connectivity index (χ3n) is 3.55. The van der Waals surface area contributed by atoms with E-state index in [-0.39, 0.29) is 16.6 Å². The molecule has 5 heteroatoms. The molecule has 1 unspecified atom stereocenters. The Bertz CT molecular complexity index is 737. The normalized spacial score (nSPS) is 13.3. The Morgan fingerprint density at radius 3 is 2.14 bits per heavy atom. The van der Waals surface area contributed by atoms with Crippen LogP contribution in [0.25, 0.3) is 0 Å². The van der Waals surface area contributed by atoms with E-state index in [0.29, 0.717) is 5.56 Å². The molecule has 1 atom stereocenters. The van der Waals surface area contributed by atoms with Crippen LogP contribution >= 0.6 is 0 Å². The predicted molar refractivity (Wildman–Crippen MR) is 87.2 cm³/mol. The Labute approximate surface area is 131 Å². The number of nitrogens with one attached hydrogen (secondary N) is 1. The Kier molecular flexibility index (Phi) is 4.88. The van der Waals surface area contributed by atoms with Crippen LogP contribution in [0.3, 0.4) is 0 Å². The second-order valence-electron chi connectivity index (χ2n) is 5.71. The number of phenolic OH excluding ortho intramolecular Hbond substituents is 1. The molecule has 0 radical (unpaired) electrons. The standard InChI is InChI=1S/C17H21NO3S/c1-12(2)17(15-6-4-5-7-16(15)19)18-22(20,21)14-10-8-13(3)9-11-14/h4-12,17-19H,1-3H3. The summed E-state index contributed by atoms with van der Waals surface area (Å²) in [5.41, 5.74) is 1.58. The van der Waals surface area contributed by atoms with Crippen LogP contribution in [0.5, 0.6) is 5.75 Å². The number of rotatable bonds is 5. The lowest BCUT2D eigenvalue weighted by Gasteiger charge is -2.23. The highest BCUT2D eigenvalue weighted by molar-refractivity contribution is 7.89.